The fraction of sp³-hybridized carbons (Fsp3) is 0.500. The van der Waals surface area contributed by atoms with Gasteiger partial charge in [-0.1, -0.05) is 28.6 Å². The molecule has 1 aromatic carbocycles. The van der Waals surface area contributed by atoms with E-state index in [4.69, 9.17) is 9.51 Å². The Morgan fingerprint density at radius 1 is 1.28 bits per heavy atom. The van der Waals surface area contributed by atoms with E-state index < -0.39 is 0 Å². The molecule has 0 spiro atoms. The number of hydrogen-bond acceptors (Lipinski definition) is 7. The molecule has 3 aromatic rings. The van der Waals surface area contributed by atoms with Gasteiger partial charge >= 0.3 is 0 Å². The van der Waals surface area contributed by atoms with E-state index in [1.54, 1.807) is 11.3 Å². The van der Waals surface area contributed by atoms with E-state index in [9.17, 15) is 0 Å². The summed E-state index contributed by atoms with van der Waals surface area (Å²) in [5.41, 5.74) is 1.09. The summed E-state index contributed by atoms with van der Waals surface area (Å²) < 4.78 is 6.77. The molecule has 132 valence electrons. The zero-order valence-electron chi connectivity index (χ0n) is 14.6. The molecule has 6 nitrogen and oxygen atoms in total. The first-order valence-corrected chi connectivity index (χ1v) is 9.65. The van der Waals surface area contributed by atoms with E-state index in [2.05, 4.69) is 45.5 Å². The number of aromatic nitrogens is 3. The number of nitrogens with one attached hydrogen (secondary N) is 1. The van der Waals surface area contributed by atoms with Gasteiger partial charge in [0.15, 0.2) is 11.0 Å². The standard InChI is InChI=1S/C18H23N5OS/c1-12(19-2)11-16-21-17(24-22-16)13-7-9-23(10-8-13)18-20-14-5-3-4-6-15(14)25-18/h3-6,12-13,19H,7-11H2,1-2H3. The van der Waals surface area contributed by atoms with Crippen LogP contribution in [0.15, 0.2) is 28.8 Å². The van der Waals surface area contributed by atoms with Gasteiger partial charge in [-0.2, -0.15) is 4.98 Å². The van der Waals surface area contributed by atoms with Gasteiger partial charge in [-0.25, -0.2) is 4.98 Å². The summed E-state index contributed by atoms with van der Waals surface area (Å²) in [4.78, 5) is 11.7. The molecule has 0 saturated carbocycles. The van der Waals surface area contributed by atoms with Crippen molar-refractivity contribution in [1.82, 2.24) is 20.4 Å². The lowest BCUT2D eigenvalue weighted by Gasteiger charge is -2.29. The molecule has 1 N–H and O–H groups in total. The number of para-hydroxylation sites is 1. The lowest BCUT2D eigenvalue weighted by atomic mass is 9.97. The molecule has 0 aliphatic carbocycles. The van der Waals surface area contributed by atoms with Gasteiger partial charge in [0, 0.05) is 31.5 Å². The quantitative estimate of drug-likeness (QED) is 0.756. The smallest absolute Gasteiger partial charge is 0.229 e. The summed E-state index contributed by atoms with van der Waals surface area (Å²) in [5.74, 6) is 1.95. The Balaban J connectivity index is 1.39. The maximum absolute atomic E-state index is 5.52. The van der Waals surface area contributed by atoms with E-state index >= 15 is 0 Å². The van der Waals surface area contributed by atoms with Crippen LogP contribution in [0.1, 0.15) is 37.4 Å². The molecule has 4 rings (SSSR count). The molecule has 0 radical (unpaired) electrons. The van der Waals surface area contributed by atoms with Gasteiger partial charge < -0.3 is 14.7 Å². The fourth-order valence-electron chi connectivity index (χ4n) is 3.21. The molecule has 7 heteroatoms. The van der Waals surface area contributed by atoms with Gasteiger partial charge in [0.1, 0.15) is 0 Å². The number of benzene rings is 1. The summed E-state index contributed by atoms with van der Waals surface area (Å²) in [6.45, 7) is 4.08. The van der Waals surface area contributed by atoms with Gasteiger partial charge in [0.2, 0.25) is 5.89 Å². The van der Waals surface area contributed by atoms with Crippen LogP contribution in [0.2, 0.25) is 0 Å². The lowest BCUT2D eigenvalue weighted by Crippen LogP contribution is -2.32. The topological polar surface area (TPSA) is 67.1 Å². The second kappa shape index (κ2) is 7.09. The largest absolute Gasteiger partial charge is 0.348 e. The summed E-state index contributed by atoms with van der Waals surface area (Å²) >= 11 is 1.77. The molecule has 0 bridgehead atoms. The molecule has 2 aromatic heterocycles. The maximum Gasteiger partial charge on any atom is 0.229 e. The summed E-state index contributed by atoms with van der Waals surface area (Å²) in [7, 11) is 1.95. The molecule has 1 atom stereocenters. The van der Waals surface area contributed by atoms with E-state index in [0.717, 1.165) is 54.7 Å². The highest BCUT2D eigenvalue weighted by molar-refractivity contribution is 7.22. The average molecular weight is 357 g/mol. The Morgan fingerprint density at radius 3 is 2.84 bits per heavy atom. The van der Waals surface area contributed by atoms with Crippen LogP contribution in [0.5, 0.6) is 0 Å². The Labute approximate surface area is 151 Å². The predicted octanol–water partition coefficient (Wildman–Crippen LogP) is 3.21. The number of likely N-dealkylation sites (N-methyl/N-ethyl adjacent to an activating group) is 1. The van der Waals surface area contributed by atoms with Crippen molar-refractivity contribution in [3.8, 4) is 0 Å². The third-order valence-corrected chi connectivity index (χ3v) is 5.96. The van der Waals surface area contributed by atoms with Crippen molar-refractivity contribution >= 4 is 26.7 Å². The van der Waals surface area contributed by atoms with Crippen molar-refractivity contribution in [3.63, 3.8) is 0 Å². The van der Waals surface area contributed by atoms with Gasteiger partial charge in [0.25, 0.3) is 0 Å². The molecule has 1 aliphatic heterocycles. The highest BCUT2D eigenvalue weighted by atomic mass is 32.1. The minimum Gasteiger partial charge on any atom is -0.348 e. The van der Waals surface area contributed by atoms with E-state index in [0.29, 0.717) is 12.0 Å². The first kappa shape index (κ1) is 16.5. The first-order valence-electron chi connectivity index (χ1n) is 8.83. The molecule has 1 aliphatic rings. The first-order chi connectivity index (χ1) is 12.2. The van der Waals surface area contributed by atoms with Crippen LogP contribution in [0, 0.1) is 0 Å². The van der Waals surface area contributed by atoms with Crippen LogP contribution in [-0.4, -0.2) is 41.3 Å². The van der Waals surface area contributed by atoms with Crippen molar-refractivity contribution in [1.29, 1.82) is 0 Å². The molecule has 0 amide bonds. The van der Waals surface area contributed by atoms with Crippen molar-refractivity contribution in [2.45, 2.75) is 38.1 Å². The molecular weight excluding hydrogens is 334 g/mol. The Bertz CT molecular complexity index is 804. The van der Waals surface area contributed by atoms with Gasteiger partial charge in [-0.3, -0.25) is 0 Å². The van der Waals surface area contributed by atoms with Crippen molar-refractivity contribution in [2.24, 2.45) is 0 Å². The fourth-order valence-corrected chi connectivity index (χ4v) is 4.22. The highest BCUT2D eigenvalue weighted by Gasteiger charge is 2.26. The minimum atomic E-state index is 0.353. The number of thiazole rings is 1. The van der Waals surface area contributed by atoms with Crippen LogP contribution in [-0.2, 0) is 6.42 Å². The Morgan fingerprint density at radius 2 is 2.08 bits per heavy atom. The van der Waals surface area contributed by atoms with Gasteiger partial charge in [-0.15, -0.1) is 0 Å². The second-order valence-corrected chi connectivity index (χ2v) is 7.68. The molecule has 1 unspecified atom stereocenters. The van der Waals surface area contributed by atoms with Crippen LogP contribution < -0.4 is 10.2 Å². The number of rotatable bonds is 5. The van der Waals surface area contributed by atoms with Crippen molar-refractivity contribution in [3.05, 3.63) is 36.0 Å². The van der Waals surface area contributed by atoms with Crippen LogP contribution in [0.25, 0.3) is 10.2 Å². The van der Waals surface area contributed by atoms with E-state index in [-0.39, 0.29) is 0 Å². The zero-order valence-corrected chi connectivity index (χ0v) is 15.4. The zero-order chi connectivity index (χ0) is 17.2. The van der Waals surface area contributed by atoms with Crippen LogP contribution in [0.3, 0.4) is 0 Å². The third-order valence-electron chi connectivity index (χ3n) is 4.86. The van der Waals surface area contributed by atoms with Gasteiger partial charge in [0.05, 0.1) is 10.2 Å². The molecule has 3 heterocycles. The molecule has 25 heavy (non-hydrogen) atoms. The SMILES string of the molecule is CNC(C)Cc1noc(C2CCN(c3nc4ccccc4s3)CC2)n1. The van der Waals surface area contributed by atoms with Crippen LogP contribution >= 0.6 is 11.3 Å². The Kier molecular flexibility index (Phi) is 4.67. The van der Waals surface area contributed by atoms with E-state index in [1.807, 2.05) is 13.1 Å². The van der Waals surface area contributed by atoms with E-state index in [1.165, 1.54) is 4.70 Å². The minimum absolute atomic E-state index is 0.353. The summed E-state index contributed by atoms with van der Waals surface area (Å²) in [6, 6.07) is 8.67. The van der Waals surface area contributed by atoms with Crippen molar-refractivity contribution < 1.29 is 4.52 Å². The lowest BCUT2D eigenvalue weighted by molar-refractivity contribution is 0.326. The van der Waals surface area contributed by atoms with Crippen molar-refractivity contribution in [2.75, 3.05) is 25.0 Å². The molecular formula is C18H23N5OS. The van der Waals surface area contributed by atoms with Gasteiger partial charge in [-0.05, 0) is 38.9 Å². The number of fused-ring (bicyclic) bond motifs is 1. The predicted molar refractivity (Wildman–Crippen MR) is 100 cm³/mol. The van der Waals surface area contributed by atoms with Crippen LogP contribution in [0.4, 0.5) is 5.13 Å². The number of anilines is 1. The maximum atomic E-state index is 5.52. The monoisotopic (exact) mass is 357 g/mol. The summed E-state index contributed by atoms with van der Waals surface area (Å²) in [5, 5.41) is 8.46. The average Bonchev–Trinajstić information content (AvgIpc) is 3.28. The number of piperidine rings is 1. The highest BCUT2D eigenvalue weighted by Crippen LogP contribution is 2.33. The third kappa shape index (κ3) is 3.52. The Hall–Kier alpha value is -1.99. The molecule has 1 fully saturated rings. The normalized spacial score (nSPS) is 17.3. The molecule has 1 saturated heterocycles. The second-order valence-electron chi connectivity index (χ2n) is 6.67. The summed E-state index contributed by atoms with van der Waals surface area (Å²) in [6.07, 6.45) is 2.85. The number of hydrogen-bond donors (Lipinski definition) is 1. The number of nitrogens with zero attached hydrogens (tertiary/aromatic N) is 4.